The molecule has 0 spiro atoms. The van der Waals surface area contributed by atoms with Crippen LogP contribution in [0, 0.1) is 6.92 Å². The molecule has 1 aromatic rings. The first-order valence-electron chi connectivity index (χ1n) is 11.8. The van der Waals surface area contributed by atoms with Crippen molar-refractivity contribution in [2.75, 3.05) is 7.11 Å². The Hall–Kier alpha value is -1.07. The predicted octanol–water partition coefficient (Wildman–Crippen LogP) is 7.28. The quantitative estimate of drug-likeness (QED) is 0.438. The topological polar surface area (TPSA) is 9.23 Å². The van der Waals surface area contributed by atoms with Gasteiger partial charge >= 0.3 is 0 Å². The van der Waals surface area contributed by atoms with Crippen LogP contribution in [0.1, 0.15) is 63.1 Å². The molecule has 0 N–H and O–H groups in total. The van der Waals surface area contributed by atoms with Crippen LogP contribution in [0.3, 0.4) is 0 Å². The molecule has 2 aliphatic rings. The molecule has 1 saturated carbocycles. The molecular weight excluding hydrogens is 396 g/mol. The zero-order valence-electron chi connectivity index (χ0n) is 21.1. The highest BCUT2D eigenvalue weighted by molar-refractivity contribution is 6.78. The summed E-state index contributed by atoms with van der Waals surface area (Å²) in [5.74, 6) is 1.18. The predicted molar refractivity (Wildman–Crippen MR) is 138 cm³/mol. The van der Waals surface area contributed by atoms with Gasteiger partial charge in [0.25, 0.3) is 0 Å². The highest BCUT2D eigenvalue weighted by atomic mass is 28.3. The summed E-state index contributed by atoms with van der Waals surface area (Å²) in [6.45, 7) is 21.7. The molecule has 0 aliphatic heterocycles. The molecule has 0 saturated heterocycles. The average Bonchev–Trinajstić information content (AvgIpc) is 3.29. The smallest absolute Gasteiger partial charge is 0.126 e. The zero-order chi connectivity index (χ0) is 22.5. The third-order valence-electron chi connectivity index (χ3n) is 7.32. The monoisotopic (exact) mass is 439 g/mol. The van der Waals surface area contributed by atoms with E-state index in [0.29, 0.717) is 5.54 Å². The van der Waals surface area contributed by atoms with Gasteiger partial charge in [0.05, 0.1) is 24.0 Å². The van der Waals surface area contributed by atoms with Gasteiger partial charge in [-0.3, -0.25) is 0 Å². The maximum absolute atomic E-state index is 6.31. The third kappa shape index (κ3) is 4.04. The van der Waals surface area contributed by atoms with Gasteiger partial charge in [0.15, 0.2) is 0 Å². The maximum atomic E-state index is 6.31. The van der Waals surface area contributed by atoms with E-state index in [2.05, 4.69) is 84.7 Å². The van der Waals surface area contributed by atoms with Gasteiger partial charge in [-0.25, -0.2) is 0 Å². The molecule has 165 valence electrons. The van der Waals surface area contributed by atoms with Crippen molar-refractivity contribution in [2.45, 2.75) is 102 Å². The van der Waals surface area contributed by atoms with Gasteiger partial charge in [-0.1, -0.05) is 101 Å². The lowest BCUT2D eigenvalue weighted by molar-refractivity contribution is 0.379. The molecule has 3 rings (SSSR count). The van der Waals surface area contributed by atoms with Crippen molar-refractivity contribution >= 4 is 22.1 Å². The van der Waals surface area contributed by atoms with Gasteiger partial charge in [-0.05, 0) is 36.3 Å². The van der Waals surface area contributed by atoms with Gasteiger partial charge in [-0.2, -0.15) is 0 Å². The molecule has 0 heterocycles. The summed E-state index contributed by atoms with van der Waals surface area (Å²) in [6, 6.07) is 2.43. The van der Waals surface area contributed by atoms with Crippen LogP contribution in [-0.4, -0.2) is 24.0 Å². The van der Waals surface area contributed by atoms with Gasteiger partial charge in [0.1, 0.15) is 5.75 Å². The van der Waals surface area contributed by atoms with E-state index in [9.17, 15) is 0 Å². The van der Waals surface area contributed by atoms with Crippen LogP contribution in [0.2, 0.25) is 38.3 Å². The molecule has 2 aliphatic carbocycles. The van der Waals surface area contributed by atoms with Crippen LogP contribution in [0.25, 0.3) is 0 Å². The standard InChI is InChI=1S/C27H43OSi2/c1-19-17-22(26(2,3)4)24(28-5)23(25(19)29(6)7)27(15-11-12-16-27)20-13-14-21(18-20)30(8,9)10/h13-14,17-18,21H,11-12,15-16H2,1-10H3. The van der Waals surface area contributed by atoms with E-state index >= 15 is 0 Å². The van der Waals surface area contributed by atoms with Crippen molar-refractivity contribution in [3.63, 3.8) is 0 Å². The van der Waals surface area contributed by atoms with E-state index in [1.807, 2.05) is 7.11 Å². The molecule has 1 radical (unpaired) electrons. The normalized spacial score (nSPS) is 21.4. The van der Waals surface area contributed by atoms with E-state index in [-0.39, 0.29) is 10.8 Å². The van der Waals surface area contributed by atoms with Crippen LogP contribution >= 0.6 is 0 Å². The van der Waals surface area contributed by atoms with Crippen LogP contribution in [0.15, 0.2) is 29.9 Å². The SMILES string of the molecule is COc1c(C(C)(C)C)cc(C)c([Si](C)C)c1C1(C2=CC([Si](C)(C)C)C=C2)CCCC1. The second-order valence-electron chi connectivity index (χ2n) is 11.9. The van der Waals surface area contributed by atoms with Crippen molar-refractivity contribution in [3.05, 3.63) is 46.6 Å². The van der Waals surface area contributed by atoms with E-state index in [0.717, 1.165) is 0 Å². The van der Waals surface area contributed by atoms with E-state index in [4.69, 9.17) is 4.74 Å². The van der Waals surface area contributed by atoms with Gasteiger partial charge in [0.2, 0.25) is 0 Å². The molecule has 3 heteroatoms. The zero-order valence-corrected chi connectivity index (χ0v) is 23.1. The van der Waals surface area contributed by atoms with E-state index in [1.165, 1.54) is 42.6 Å². The fourth-order valence-corrected chi connectivity index (χ4v) is 8.77. The maximum Gasteiger partial charge on any atom is 0.126 e. The summed E-state index contributed by atoms with van der Waals surface area (Å²) in [7, 11) is 0.0198. The van der Waals surface area contributed by atoms with Crippen LogP contribution in [-0.2, 0) is 10.8 Å². The molecule has 1 unspecified atom stereocenters. The summed E-state index contributed by atoms with van der Waals surface area (Å²) >= 11 is 0. The Bertz CT molecular complexity index is 856. The third-order valence-corrected chi connectivity index (χ3v) is 11.3. The molecule has 1 fully saturated rings. The minimum Gasteiger partial charge on any atom is -0.496 e. The summed E-state index contributed by atoms with van der Waals surface area (Å²) in [5, 5.41) is 1.62. The van der Waals surface area contributed by atoms with Crippen molar-refractivity contribution in [3.8, 4) is 5.75 Å². The average molecular weight is 440 g/mol. The summed E-state index contributed by atoms with van der Waals surface area (Å²) in [5.41, 5.74) is 6.83. The highest BCUT2D eigenvalue weighted by Gasteiger charge is 2.45. The lowest BCUT2D eigenvalue weighted by Gasteiger charge is -2.38. The van der Waals surface area contributed by atoms with Crippen LogP contribution < -0.4 is 9.92 Å². The Kier molecular flexibility index (Phi) is 6.39. The Morgan fingerprint density at radius 2 is 1.70 bits per heavy atom. The van der Waals surface area contributed by atoms with Crippen molar-refractivity contribution in [1.29, 1.82) is 0 Å². The van der Waals surface area contributed by atoms with Gasteiger partial charge in [0, 0.05) is 16.5 Å². The summed E-state index contributed by atoms with van der Waals surface area (Å²) in [6.07, 6.45) is 12.8. The first-order valence-corrected chi connectivity index (χ1v) is 17.8. The molecule has 30 heavy (non-hydrogen) atoms. The molecule has 1 aromatic carbocycles. The molecular formula is C27H43OSi2. The Morgan fingerprint density at radius 1 is 1.10 bits per heavy atom. The van der Waals surface area contributed by atoms with Gasteiger partial charge in [-0.15, -0.1) is 0 Å². The highest BCUT2D eigenvalue weighted by Crippen LogP contribution is 2.54. The summed E-state index contributed by atoms with van der Waals surface area (Å²) in [4.78, 5) is 0. The number of ether oxygens (including phenoxy) is 1. The Labute approximate surface area is 188 Å². The number of allylic oxidation sites excluding steroid dienone is 4. The second-order valence-corrected chi connectivity index (χ2v) is 19.8. The number of methoxy groups -OCH3 is 1. The first-order chi connectivity index (χ1) is 13.8. The minimum absolute atomic E-state index is 0.0678. The number of hydrogen-bond donors (Lipinski definition) is 0. The minimum atomic E-state index is -1.25. The van der Waals surface area contributed by atoms with Gasteiger partial charge < -0.3 is 4.74 Å². The molecule has 0 bridgehead atoms. The van der Waals surface area contributed by atoms with E-state index in [1.54, 1.807) is 16.3 Å². The lowest BCUT2D eigenvalue weighted by atomic mass is 9.70. The molecule has 1 nitrogen and oxygen atoms in total. The number of hydrogen-bond acceptors (Lipinski definition) is 1. The number of rotatable bonds is 5. The molecule has 0 amide bonds. The molecule has 1 atom stereocenters. The lowest BCUT2D eigenvalue weighted by Crippen LogP contribution is -2.40. The van der Waals surface area contributed by atoms with Crippen molar-refractivity contribution in [2.24, 2.45) is 0 Å². The first kappa shape index (κ1) is 23.6. The van der Waals surface area contributed by atoms with Crippen molar-refractivity contribution < 1.29 is 4.74 Å². The van der Waals surface area contributed by atoms with Crippen LogP contribution in [0.4, 0.5) is 0 Å². The van der Waals surface area contributed by atoms with Crippen molar-refractivity contribution in [1.82, 2.24) is 0 Å². The van der Waals surface area contributed by atoms with Crippen LogP contribution in [0.5, 0.6) is 5.75 Å². The molecule has 0 aromatic heterocycles. The second kappa shape index (κ2) is 8.13. The Morgan fingerprint density at radius 3 is 2.13 bits per heavy atom. The number of aryl methyl sites for hydroxylation is 1. The number of benzene rings is 1. The fraction of sp³-hybridized carbons (Fsp3) is 0.630. The largest absolute Gasteiger partial charge is 0.496 e. The van der Waals surface area contributed by atoms with E-state index < -0.39 is 16.9 Å². The summed E-state index contributed by atoms with van der Waals surface area (Å²) < 4.78 is 6.31. The Balaban J connectivity index is 2.35. The fourth-order valence-electron chi connectivity index (χ4n) is 5.70.